The number of hydrogen-bond acceptors (Lipinski definition) is 1. The number of hydrogen-bond donors (Lipinski definition) is 1. The molecule has 0 spiro atoms. The maximum absolute atomic E-state index is 8.72. The van der Waals surface area contributed by atoms with Crippen molar-refractivity contribution in [2.45, 2.75) is 0 Å². The van der Waals surface area contributed by atoms with Gasteiger partial charge in [0.25, 0.3) is 0 Å². The second-order valence-corrected chi connectivity index (χ2v) is 3.55. The Morgan fingerprint density at radius 1 is 1.36 bits per heavy atom. The van der Waals surface area contributed by atoms with Crippen LogP contribution < -0.4 is 0 Å². The summed E-state index contributed by atoms with van der Waals surface area (Å²) in [6, 6.07) is 9.95. The Kier molecular flexibility index (Phi) is 3.59. The minimum absolute atomic E-state index is 0.120. The lowest BCUT2D eigenvalue weighted by molar-refractivity contribution is 0.342. The lowest BCUT2D eigenvalue weighted by atomic mass is 10.2. The highest BCUT2D eigenvalue weighted by molar-refractivity contribution is 14.1. The maximum Gasteiger partial charge on any atom is 0.0739 e. The van der Waals surface area contributed by atoms with E-state index in [9.17, 15) is 0 Å². The minimum Gasteiger partial charge on any atom is -0.391 e. The number of halogens is 1. The van der Waals surface area contributed by atoms with Gasteiger partial charge in [-0.1, -0.05) is 30.3 Å². The van der Waals surface area contributed by atoms with E-state index in [1.165, 1.54) is 0 Å². The summed E-state index contributed by atoms with van der Waals surface area (Å²) >= 11 is 2.12. The lowest BCUT2D eigenvalue weighted by Crippen LogP contribution is -1.79. The second kappa shape index (κ2) is 4.51. The summed E-state index contributed by atoms with van der Waals surface area (Å²) in [6.45, 7) is 0.120. The zero-order valence-corrected chi connectivity index (χ0v) is 8.15. The van der Waals surface area contributed by atoms with Crippen LogP contribution in [-0.4, -0.2) is 11.7 Å². The van der Waals surface area contributed by atoms with Crippen LogP contribution in [0.2, 0.25) is 0 Å². The molecular weight excluding hydrogens is 251 g/mol. The topological polar surface area (TPSA) is 20.2 Å². The summed E-state index contributed by atoms with van der Waals surface area (Å²) in [6.07, 6.45) is 1.96. The van der Waals surface area contributed by atoms with E-state index in [4.69, 9.17) is 5.11 Å². The molecule has 0 radical (unpaired) electrons. The van der Waals surface area contributed by atoms with E-state index in [0.29, 0.717) is 0 Å². The van der Waals surface area contributed by atoms with Crippen LogP contribution >= 0.6 is 22.6 Å². The molecule has 0 atom stereocenters. The SMILES string of the molecule is OC/C(I)=C/c1ccccc1. The first-order chi connectivity index (χ1) is 5.33. The van der Waals surface area contributed by atoms with Crippen LogP contribution in [0.3, 0.4) is 0 Å². The standard InChI is InChI=1S/C9H9IO/c10-9(7-11)6-8-4-2-1-3-5-8/h1-6,11H,7H2/b9-6-. The Hall–Kier alpha value is -0.350. The van der Waals surface area contributed by atoms with Crippen molar-refractivity contribution >= 4 is 28.7 Å². The fraction of sp³-hybridized carbons (Fsp3) is 0.111. The Bertz CT molecular complexity index is 241. The summed E-state index contributed by atoms with van der Waals surface area (Å²) in [5.74, 6) is 0. The van der Waals surface area contributed by atoms with E-state index in [-0.39, 0.29) is 6.61 Å². The monoisotopic (exact) mass is 260 g/mol. The molecular formula is C9H9IO. The molecule has 0 saturated heterocycles. The largest absolute Gasteiger partial charge is 0.391 e. The van der Waals surface area contributed by atoms with Gasteiger partial charge in [-0.15, -0.1) is 0 Å². The van der Waals surface area contributed by atoms with Crippen LogP contribution in [0, 0.1) is 0 Å². The molecule has 1 aromatic carbocycles. The Balaban J connectivity index is 2.79. The van der Waals surface area contributed by atoms with Crippen molar-refractivity contribution in [1.82, 2.24) is 0 Å². The van der Waals surface area contributed by atoms with E-state index in [2.05, 4.69) is 22.6 Å². The molecule has 1 nitrogen and oxygen atoms in total. The zero-order valence-electron chi connectivity index (χ0n) is 6.00. The highest BCUT2D eigenvalue weighted by atomic mass is 127. The van der Waals surface area contributed by atoms with Crippen molar-refractivity contribution in [1.29, 1.82) is 0 Å². The molecule has 0 aliphatic heterocycles. The van der Waals surface area contributed by atoms with Gasteiger partial charge in [-0.25, -0.2) is 0 Å². The molecule has 58 valence electrons. The molecule has 0 aromatic heterocycles. The first kappa shape index (κ1) is 8.74. The number of aliphatic hydroxyl groups is 1. The van der Waals surface area contributed by atoms with Crippen molar-refractivity contribution < 1.29 is 5.11 Å². The Labute approximate surface area is 79.9 Å². The van der Waals surface area contributed by atoms with Crippen LogP contribution in [0.25, 0.3) is 6.08 Å². The summed E-state index contributed by atoms with van der Waals surface area (Å²) in [5, 5.41) is 8.72. The second-order valence-electron chi connectivity index (χ2n) is 2.16. The normalized spacial score (nSPS) is 11.6. The highest BCUT2D eigenvalue weighted by Gasteiger charge is 1.88. The van der Waals surface area contributed by atoms with Crippen LogP contribution in [-0.2, 0) is 0 Å². The lowest BCUT2D eigenvalue weighted by Gasteiger charge is -1.93. The molecule has 0 fully saturated rings. The van der Waals surface area contributed by atoms with E-state index >= 15 is 0 Å². The van der Waals surface area contributed by atoms with Gasteiger partial charge in [-0.3, -0.25) is 0 Å². The van der Waals surface area contributed by atoms with Crippen molar-refractivity contribution in [2.75, 3.05) is 6.61 Å². The van der Waals surface area contributed by atoms with Gasteiger partial charge in [0.05, 0.1) is 6.61 Å². The van der Waals surface area contributed by atoms with Crippen molar-refractivity contribution in [2.24, 2.45) is 0 Å². The molecule has 0 saturated carbocycles. The fourth-order valence-electron chi connectivity index (χ4n) is 0.776. The van der Waals surface area contributed by atoms with E-state index < -0.39 is 0 Å². The molecule has 0 bridgehead atoms. The van der Waals surface area contributed by atoms with Gasteiger partial charge in [0.2, 0.25) is 0 Å². The summed E-state index contributed by atoms with van der Waals surface area (Å²) < 4.78 is 0.953. The predicted octanol–water partition coefficient (Wildman–Crippen LogP) is 2.45. The number of rotatable bonds is 2. The molecule has 1 N–H and O–H groups in total. The average molecular weight is 260 g/mol. The van der Waals surface area contributed by atoms with E-state index in [0.717, 1.165) is 9.14 Å². The molecule has 2 heteroatoms. The fourth-order valence-corrected chi connectivity index (χ4v) is 1.14. The average Bonchev–Trinajstić information content (AvgIpc) is 2.06. The minimum atomic E-state index is 0.120. The Morgan fingerprint density at radius 2 is 2.00 bits per heavy atom. The van der Waals surface area contributed by atoms with Crippen LogP contribution in [0.5, 0.6) is 0 Å². The molecule has 1 aromatic rings. The number of benzene rings is 1. The van der Waals surface area contributed by atoms with Crippen LogP contribution in [0.15, 0.2) is 33.9 Å². The van der Waals surface area contributed by atoms with Gasteiger partial charge >= 0.3 is 0 Å². The number of aliphatic hydroxyl groups excluding tert-OH is 1. The van der Waals surface area contributed by atoms with Gasteiger partial charge in [-0.2, -0.15) is 0 Å². The molecule has 1 rings (SSSR count). The third-order valence-corrected chi connectivity index (χ3v) is 1.93. The van der Waals surface area contributed by atoms with Gasteiger partial charge in [-0.05, 0) is 34.2 Å². The molecule has 11 heavy (non-hydrogen) atoms. The van der Waals surface area contributed by atoms with E-state index in [1.807, 2.05) is 36.4 Å². The van der Waals surface area contributed by atoms with Crippen molar-refractivity contribution in [3.63, 3.8) is 0 Å². The van der Waals surface area contributed by atoms with E-state index in [1.54, 1.807) is 0 Å². The highest BCUT2D eigenvalue weighted by Crippen LogP contribution is 2.10. The summed E-state index contributed by atoms with van der Waals surface area (Å²) in [7, 11) is 0. The predicted molar refractivity (Wildman–Crippen MR) is 55.5 cm³/mol. The van der Waals surface area contributed by atoms with Crippen molar-refractivity contribution in [3.05, 3.63) is 39.5 Å². The van der Waals surface area contributed by atoms with Gasteiger partial charge in [0, 0.05) is 3.58 Å². The zero-order chi connectivity index (χ0) is 8.10. The third-order valence-electron chi connectivity index (χ3n) is 1.27. The van der Waals surface area contributed by atoms with Gasteiger partial charge in [0.15, 0.2) is 0 Å². The summed E-state index contributed by atoms with van der Waals surface area (Å²) in [4.78, 5) is 0. The molecule has 0 aliphatic rings. The first-order valence-electron chi connectivity index (χ1n) is 3.35. The maximum atomic E-state index is 8.72. The smallest absolute Gasteiger partial charge is 0.0739 e. The first-order valence-corrected chi connectivity index (χ1v) is 4.43. The van der Waals surface area contributed by atoms with Crippen LogP contribution in [0.4, 0.5) is 0 Å². The summed E-state index contributed by atoms with van der Waals surface area (Å²) in [5.41, 5.74) is 1.13. The molecule has 0 unspecified atom stereocenters. The molecule has 0 amide bonds. The van der Waals surface area contributed by atoms with Crippen molar-refractivity contribution in [3.8, 4) is 0 Å². The third kappa shape index (κ3) is 3.03. The molecule has 0 heterocycles. The van der Waals surface area contributed by atoms with Crippen LogP contribution in [0.1, 0.15) is 5.56 Å². The van der Waals surface area contributed by atoms with Gasteiger partial charge < -0.3 is 5.11 Å². The molecule has 0 aliphatic carbocycles. The quantitative estimate of drug-likeness (QED) is 0.810. The van der Waals surface area contributed by atoms with Gasteiger partial charge in [0.1, 0.15) is 0 Å². The Morgan fingerprint density at radius 3 is 2.55 bits per heavy atom.